The first-order chi connectivity index (χ1) is 13.6. The molecular weight excluding hydrogens is 358 g/mol. The van der Waals surface area contributed by atoms with E-state index in [1.54, 1.807) is 29.0 Å². The molecule has 3 aromatic heterocycles. The van der Waals surface area contributed by atoms with E-state index >= 15 is 0 Å². The normalized spacial score (nSPS) is 14.2. The number of nitrogens with zero attached hydrogens (tertiary/aromatic N) is 4. The highest BCUT2D eigenvalue weighted by Gasteiger charge is 2.20. The number of H-pyrrole nitrogens is 2. The molecule has 142 valence electrons. The molecule has 1 aromatic carbocycles. The summed E-state index contributed by atoms with van der Waals surface area (Å²) in [5.41, 5.74) is 4.53. The van der Waals surface area contributed by atoms with Gasteiger partial charge in [-0.1, -0.05) is 0 Å². The second-order valence-electron chi connectivity index (χ2n) is 7.00. The molecule has 1 amide bonds. The second kappa shape index (κ2) is 6.22. The zero-order valence-corrected chi connectivity index (χ0v) is 15.3. The Hall–Kier alpha value is -3.62. The Bertz CT molecular complexity index is 1260. The van der Waals surface area contributed by atoms with Crippen LogP contribution < -0.4 is 15.9 Å². The number of rotatable bonds is 3. The van der Waals surface area contributed by atoms with Crippen LogP contribution in [0.1, 0.15) is 28.9 Å². The van der Waals surface area contributed by atoms with Crippen LogP contribution in [0.3, 0.4) is 0 Å². The summed E-state index contributed by atoms with van der Waals surface area (Å²) in [6, 6.07) is 5.50. The van der Waals surface area contributed by atoms with Crippen LogP contribution in [-0.2, 0) is 0 Å². The van der Waals surface area contributed by atoms with Crippen molar-refractivity contribution < 1.29 is 4.79 Å². The maximum absolute atomic E-state index is 13.0. The number of nitrogens with one attached hydrogen (secondary N) is 3. The summed E-state index contributed by atoms with van der Waals surface area (Å²) < 4.78 is 1.64. The number of carbonyl (C=O) groups is 1. The lowest BCUT2D eigenvalue weighted by Crippen LogP contribution is -2.22. The van der Waals surface area contributed by atoms with E-state index in [4.69, 9.17) is 0 Å². The van der Waals surface area contributed by atoms with Gasteiger partial charge in [0.05, 0.1) is 39.9 Å². The Morgan fingerprint density at radius 2 is 1.93 bits per heavy atom. The molecule has 0 radical (unpaired) electrons. The van der Waals surface area contributed by atoms with Gasteiger partial charge in [0.15, 0.2) is 5.65 Å². The van der Waals surface area contributed by atoms with Gasteiger partial charge in [-0.05, 0) is 31.9 Å². The minimum Gasteiger partial charge on any atom is -0.370 e. The fraction of sp³-hybridized carbons (Fsp3) is 0.263. The molecule has 0 aliphatic carbocycles. The van der Waals surface area contributed by atoms with Gasteiger partial charge in [0.1, 0.15) is 0 Å². The number of fused-ring (bicyclic) bond motifs is 2. The number of imidazole rings is 1. The van der Waals surface area contributed by atoms with E-state index in [1.807, 2.05) is 13.0 Å². The maximum atomic E-state index is 13.0. The SMILES string of the molecule is Cc1c(C(=O)Nc2cc3[nH]c(=O)[nH]c3cc2N2CCCC2)cnc2ccnn12. The van der Waals surface area contributed by atoms with E-state index in [9.17, 15) is 9.59 Å². The van der Waals surface area contributed by atoms with Gasteiger partial charge in [-0.3, -0.25) is 4.79 Å². The number of aromatic nitrogens is 5. The molecule has 1 fully saturated rings. The number of aromatic amines is 2. The number of anilines is 2. The molecule has 0 unspecified atom stereocenters. The molecule has 9 nitrogen and oxygen atoms in total. The van der Waals surface area contributed by atoms with Crippen molar-refractivity contribution in [2.75, 3.05) is 23.3 Å². The summed E-state index contributed by atoms with van der Waals surface area (Å²) in [5.74, 6) is -0.264. The smallest absolute Gasteiger partial charge is 0.323 e. The van der Waals surface area contributed by atoms with Crippen LogP contribution in [0.15, 0.2) is 35.4 Å². The molecule has 3 N–H and O–H groups in total. The van der Waals surface area contributed by atoms with E-state index in [2.05, 4.69) is 30.3 Å². The van der Waals surface area contributed by atoms with Crippen molar-refractivity contribution >= 4 is 34.0 Å². The van der Waals surface area contributed by atoms with Crippen LogP contribution in [0.5, 0.6) is 0 Å². The minimum absolute atomic E-state index is 0.264. The van der Waals surface area contributed by atoms with Gasteiger partial charge in [0.25, 0.3) is 5.91 Å². The van der Waals surface area contributed by atoms with E-state index in [-0.39, 0.29) is 11.6 Å². The van der Waals surface area contributed by atoms with E-state index in [1.165, 1.54) is 0 Å². The van der Waals surface area contributed by atoms with Crippen molar-refractivity contribution in [1.82, 2.24) is 24.6 Å². The summed E-state index contributed by atoms with van der Waals surface area (Å²) >= 11 is 0. The Kier molecular flexibility index (Phi) is 3.68. The standard InChI is InChI=1S/C19H19N7O2/c1-11-12(10-20-17-4-5-21-26(11)17)18(27)22-15-8-13-14(24-19(28)23-13)9-16(15)25-6-2-3-7-25/h4-5,8-10H,2-3,6-7H2,1H3,(H,22,27)(H2,23,24,28). The van der Waals surface area contributed by atoms with Crippen LogP contribution in [0, 0.1) is 6.92 Å². The fourth-order valence-electron chi connectivity index (χ4n) is 3.79. The van der Waals surface area contributed by atoms with Crippen molar-refractivity contribution in [3.8, 4) is 0 Å². The van der Waals surface area contributed by atoms with Gasteiger partial charge in [0.2, 0.25) is 0 Å². The van der Waals surface area contributed by atoms with Gasteiger partial charge in [-0.25, -0.2) is 14.3 Å². The lowest BCUT2D eigenvalue weighted by Gasteiger charge is -2.22. The molecule has 0 saturated carbocycles. The number of aryl methyl sites for hydroxylation is 1. The van der Waals surface area contributed by atoms with E-state index < -0.39 is 0 Å². The largest absolute Gasteiger partial charge is 0.370 e. The summed E-state index contributed by atoms with van der Waals surface area (Å²) in [4.78, 5) is 36.8. The predicted octanol–water partition coefficient (Wildman–Crippen LogP) is 2.06. The summed E-state index contributed by atoms with van der Waals surface area (Å²) in [6.45, 7) is 3.68. The maximum Gasteiger partial charge on any atom is 0.323 e. The first kappa shape index (κ1) is 16.5. The molecular formula is C19H19N7O2. The molecule has 1 saturated heterocycles. The van der Waals surface area contributed by atoms with Gasteiger partial charge < -0.3 is 20.2 Å². The second-order valence-corrected chi connectivity index (χ2v) is 7.00. The molecule has 0 bridgehead atoms. The van der Waals surface area contributed by atoms with Crippen LogP contribution in [0.4, 0.5) is 11.4 Å². The zero-order chi connectivity index (χ0) is 19.3. The average Bonchev–Trinajstić information content (AvgIpc) is 3.41. The Morgan fingerprint density at radius 1 is 1.18 bits per heavy atom. The minimum atomic E-state index is -0.268. The van der Waals surface area contributed by atoms with Crippen molar-refractivity contribution in [3.63, 3.8) is 0 Å². The number of hydrogen-bond acceptors (Lipinski definition) is 5. The zero-order valence-electron chi connectivity index (χ0n) is 15.3. The van der Waals surface area contributed by atoms with E-state index in [0.29, 0.717) is 28.1 Å². The first-order valence-electron chi connectivity index (χ1n) is 9.22. The predicted molar refractivity (Wildman–Crippen MR) is 106 cm³/mol. The van der Waals surface area contributed by atoms with Crippen LogP contribution in [-0.4, -0.2) is 43.6 Å². The molecule has 1 aliphatic heterocycles. The van der Waals surface area contributed by atoms with E-state index in [0.717, 1.165) is 37.1 Å². The summed E-state index contributed by atoms with van der Waals surface area (Å²) in [7, 11) is 0. The van der Waals surface area contributed by atoms with Gasteiger partial charge in [-0.15, -0.1) is 0 Å². The molecule has 0 atom stereocenters. The molecule has 4 heterocycles. The number of hydrogen-bond donors (Lipinski definition) is 3. The van der Waals surface area contributed by atoms with Gasteiger partial charge in [-0.2, -0.15) is 5.10 Å². The highest BCUT2D eigenvalue weighted by Crippen LogP contribution is 2.32. The van der Waals surface area contributed by atoms with Crippen LogP contribution in [0.2, 0.25) is 0 Å². The van der Waals surface area contributed by atoms with Gasteiger partial charge >= 0.3 is 5.69 Å². The molecule has 9 heteroatoms. The quantitative estimate of drug-likeness (QED) is 0.506. The van der Waals surface area contributed by atoms with Crippen molar-refractivity contribution in [1.29, 1.82) is 0 Å². The highest BCUT2D eigenvalue weighted by atomic mass is 16.2. The number of benzene rings is 1. The lowest BCUT2D eigenvalue weighted by atomic mass is 10.2. The third kappa shape index (κ3) is 2.63. The molecule has 28 heavy (non-hydrogen) atoms. The monoisotopic (exact) mass is 377 g/mol. The summed E-state index contributed by atoms with van der Waals surface area (Å²) in [5, 5.41) is 7.22. The van der Waals surface area contributed by atoms with Crippen molar-refractivity contribution in [2.24, 2.45) is 0 Å². The van der Waals surface area contributed by atoms with Gasteiger partial charge in [0, 0.05) is 25.4 Å². The van der Waals surface area contributed by atoms with Crippen LogP contribution in [0.25, 0.3) is 16.7 Å². The molecule has 1 aliphatic rings. The van der Waals surface area contributed by atoms with Crippen molar-refractivity contribution in [3.05, 3.63) is 52.3 Å². The molecule has 0 spiro atoms. The fourth-order valence-corrected chi connectivity index (χ4v) is 3.79. The van der Waals surface area contributed by atoms with Crippen molar-refractivity contribution in [2.45, 2.75) is 19.8 Å². The first-order valence-corrected chi connectivity index (χ1v) is 9.22. The topological polar surface area (TPSA) is 111 Å². The number of amides is 1. The Labute approximate surface area is 159 Å². The summed E-state index contributed by atoms with van der Waals surface area (Å²) in [6.07, 6.45) is 5.43. The third-order valence-electron chi connectivity index (χ3n) is 5.23. The highest BCUT2D eigenvalue weighted by molar-refractivity contribution is 6.07. The molecule has 5 rings (SSSR count). The molecule has 4 aromatic rings. The Balaban J connectivity index is 1.57. The van der Waals surface area contributed by atoms with Crippen LogP contribution >= 0.6 is 0 Å². The Morgan fingerprint density at radius 3 is 2.71 bits per heavy atom. The third-order valence-corrected chi connectivity index (χ3v) is 5.23. The number of carbonyl (C=O) groups excluding carboxylic acids is 1. The average molecular weight is 377 g/mol. The lowest BCUT2D eigenvalue weighted by molar-refractivity contribution is 0.102.